The normalized spacial score (nSPS) is 33.9. The number of fused-ring (bicyclic) bond motifs is 1. The van der Waals surface area contributed by atoms with Crippen molar-refractivity contribution >= 4 is 22.9 Å². The van der Waals surface area contributed by atoms with E-state index in [1.807, 2.05) is 11.3 Å². The summed E-state index contributed by atoms with van der Waals surface area (Å²) in [5.74, 6) is 2.82. The Labute approximate surface area is 120 Å². The molecule has 3 rings (SSSR count). The predicted octanol–water partition coefficient (Wildman–Crippen LogP) is 5.50. The first kappa shape index (κ1) is 13.0. The highest BCUT2D eigenvalue weighted by atomic mass is 35.5. The van der Waals surface area contributed by atoms with Gasteiger partial charge in [-0.05, 0) is 54.9 Å². The monoisotopic (exact) mass is 282 g/mol. The van der Waals surface area contributed by atoms with Gasteiger partial charge < -0.3 is 0 Å². The Morgan fingerprint density at radius 2 is 2.00 bits per heavy atom. The summed E-state index contributed by atoms with van der Waals surface area (Å²) in [6, 6.07) is 4.37. The van der Waals surface area contributed by atoms with Crippen molar-refractivity contribution in [3.63, 3.8) is 0 Å². The summed E-state index contributed by atoms with van der Waals surface area (Å²) in [7, 11) is 0. The van der Waals surface area contributed by atoms with Gasteiger partial charge >= 0.3 is 0 Å². The fourth-order valence-electron chi connectivity index (χ4n) is 4.03. The van der Waals surface area contributed by atoms with Crippen LogP contribution in [0, 0.1) is 17.8 Å². The van der Waals surface area contributed by atoms with Crippen molar-refractivity contribution in [2.45, 2.75) is 56.7 Å². The molecule has 0 saturated heterocycles. The van der Waals surface area contributed by atoms with Crippen LogP contribution in [0.2, 0.25) is 0 Å². The Balaban J connectivity index is 1.56. The van der Waals surface area contributed by atoms with Crippen LogP contribution in [0.25, 0.3) is 0 Å². The molecule has 0 aromatic carbocycles. The van der Waals surface area contributed by atoms with Gasteiger partial charge in [0.1, 0.15) is 0 Å². The number of halogens is 1. The fourth-order valence-corrected chi connectivity index (χ4v) is 5.28. The first-order chi connectivity index (χ1) is 8.83. The van der Waals surface area contributed by atoms with Gasteiger partial charge in [-0.3, -0.25) is 0 Å². The number of rotatable bonds is 3. The predicted molar refractivity (Wildman–Crippen MR) is 80.5 cm³/mol. The van der Waals surface area contributed by atoms with Crippen molar-refractivity contribution in [3.8, 4) is 0 Å². The van der Waals surface area contributed by atoms with Gasteiger partial charge in [0.25, 0.3) is 0 Å². The summed E-state index contributed by atoms with van der Waals surface area (Å²) < 4.78 is 0. The van der Waals surface area contributed by atoms with Crippen LogP contribution in [-0.2, 0) is 6.42 Å². The molecule has 0 radical (unpaired) electrons. The number of alkyl halides is 1. The Hall–Kier alpha value is -0.0100. The minimum atomic E-state index is 0.367. The van der Waals surface area contributed by atoms with Gasteiger partial charge in [-0.25, -0.2) is 0 Å². The third kappa shape index (κ3) is 2.93. The van der Waals surface area contributed by atoms with E-state index < -0.39 is 0 Å². The van der Waals surface area contributed by atoms with Crippen molar-refractivity contribution in [1.82, 2.24) is 0 Å². The molecular weight excluding hydrogens is 260 g/mol. The Kier molecular flexibility index (Phi) is 4.31. The molecule has 0 aliphatic heterocycles. The number of hydrogen-bond acceptors (Lipinski definition) is 1. The molecule has 0 amide bonds. The molecule has 0 nitrogen and oxygen atoms in total. The van der Waals surface area contributed by atoms with Crippen LogP contribution in [-0.4, -0.2) is 5.38 Å². The third-order valence-electron chi connectivity index (χ3n) is 5.07. The van der Waals surface area contributed by atoms with E-state index in [-0.39, 0.29) is 0 Å². The molecule has 1 aromatic rings. The molecule has 2 heteroatoms. The lowest BCUT2D eigenvalue weighted by atomic mass is 9.66. The summed E-state index contributed by atoms with van der Waals surface area (Å²) in [6.45, 7) is 0. The minimum Gasteiger partial charge on any atom is -0.149 e. The standard InChI is InChI=1S/C16H23ClS/c17-16(11-15-6-3-9-18-15)14-8-7-12-4-1-2-5-13(12)10-14/h3,6,9,12-14,16H,1-2,4-5,7-8,10-11H2. The van der Waals surface area contributed by atoms with Crippen LogP contribution < -0.4 is 0 Å². The average molecular weight is 283 g/mol. The lowest BCUT2D eigenvalue weighted by molar-refractivity contribution is 0.127. The number of hydrogen-bond donors (Lipinski definition) is 0. The zero-order valence-electron chi connectivity index (χ0n) is 11.0. The van der Waals surface area contributed by atoms with E-state index in [4.69, 9.17) is 11.6 Å². The molecule has 4 unspecified atom stereocenters. The van der Waals surface area contributed by atoms with Crippen molar-refractivity contribution < 1.29 is 0 Å². The van der Waals surface area contributed by atoms with E-state index in [0.717, 1.165) is 24.2 Å². The Morgan fingerprint density at radius 1 is 1.17 bits per heavy atom. The zero-order valence-corrected chi connectivity index (χ0v) is 12.6. The quantitative estimate of drug-likeness (QED) is 0.642. The summed E-state index contributed by atoms with van der Waals surface area (Å²) in [6.07, 6.45) is 11.2. The molecule has 2 saturated carbocycles. The molecule has 1 aromatic heterocycles. The molecule has 0 N–H and O–H groups in total. The smallest absolute Gasteiger partial charge is 0.0412 e. The first-order valence-electron chi connectivity index (χ1n) is 7.49. The Morgan fingerprint density at radius 3 is 2.78 bits per heavy atom. The molecule has 2 fully saturated rings. The second kappa shape index (κ2) is 5.96. The molecule has 2 aliphatic rings. The molecule has 18 heavy (non-hydrogen) atoms. The highest BCUT2D eigenvalue weighted by molar-refractivity contribution is 7.09. The van der Waals surface area contributed by atoms with E-state index >= 15 is 0 Å². The molecule has 1 heterocycles. The maximum absolute atomic E-state index is 6.69. The number of thiophene rings is 1. The van der Waals surface area contributed by atoms with Gasteiger partial charge in [-0.1, -0.05) is 31.7 Å². The van der Waals surface area contributed by atoms with Crippen molar-refractivity contribution in [2.75, 3.05) is 0 Å². The molecule has 2 aliphatic carbocycles. The van der Waals surface area contributed by atoms with E-state index in [2.05, 4.69) is 17.5 Å². The van der Waals surface area contributed by atoms with Crippen LogP contribution in [0.15, 0.2) is 17.5 Å². The minimum absolute atomic E-state index is 0.367. The summed E-state index contributed by atoms with van der Waals surface area (Å²) in [5.41, 5.74) is 0. The Bertz CT molecular complexity index is 359. The average Bonchev–Trinajstić information content (AvgIpc) is 2.91. The van der Waals surface area contributed by atoms with Crippen molar-refractivity contribution in [1.29, 1.82) is 0 Å². The molecular formula is C16H23ClS. The van der Waals surface area contributed by atoms with Gasteiger partial charge in [0.15, 0.2) is 0 Å². The SMILES string of the molecule is ClC(Cc1cccs1)C1CCC2CCCCC2C1. The highest BCUT2D eigenvalue weighted by Crippen LogP contribution is 2.44. The second-order valence-corrected chi connectivity index (χ2v) is 7.77. The van der Waals surface area contributed by atoms with Gasteiger partial charge in [-0.2, -0.15) is 0 Å². The zero-order chi connectivity index (χ0) is 12.4. The first-order valence-corrected chi connectivity index (χ1v) is 8.81. The van der Waals surface area contributed by atoms with Crippen LogP contribution >= 0.6 is 22.9 Å². The lowest BCUT2D eigenvalue weighted by Gasteiger charge is -2.40. The summed E-state index contributed by atoms with van der Waals surface area (Å²) in [5, 5.41) is 2.53. The van der Waals surface area contributed by atoms with E-state index in [1.54, 1.807) is 0 Å². The van der Waals surface area contributed by atoms with Crippen LogP contribution in [0.1, 0.15) is 49.8 Å². The van der Waals surface area contributed by atoms with Gasteiger partial charge in [-0.15, -0.1) is 22.9 Å². The van der Waals surface area contributed by atoms with Crippen molar-refractivity contribution in [2.24, 2.45) is 17.8 Å². The van der Waals surface area contributed by atoms with Gasteiger partial charge in [0.05, 0.1) is 0 Å². The molecule has 0 spiro atoms. The van der Waals surface area contributed by atoms with Crippen LogP contribution in [0.4, 0.5) is 0 Å². The van der Waals surface area contributed by atoms with Gasteiger partial charge in [0, 0.05) is 10.3 Å². The third-order valence-corrected chi connectivity index (χ3v) is 6.48. The second-order valence-electron chi connectivity index (χ2n) is 6.18. The highest BCUT2D eigenvalue weighted by Gasteiger charge is 2.34. The topological polar surface area (TPSA) is 0 Å². The fraction of sp³-hybridized carbons (Fsp3) is 0.750. The van der Waals surface area contributed by atoms with E-state index in [9.17, 15) is 0 Å². The molecule has 0 bridgehead atoms. The van der Waals surface area contributed by atoms with Crippen LogP contribution in [0.3, 0.4) is 0 Å². The van der Waals surface area contributed by atoms with E-state index in [0.29, 0.717) is 5.38 Å². The summed E-state index contributed by atoms with van der Waals surface area (Å²) >= 11 is 8.54. The lowest BCUT2D eigenvalue weighted by Crippen LogP contribution is -2.32. The molecule has 4 atom stereocenters. The largest absolute Gasteiger partial charge is 0.149 e. The maximum Gasteiger partial charge on any atom is 0.0412 e. The maximum atomic E-state index is 6.69. The van der Waals surface area contributed by atoms with Crippen molar-refractivity contribution in [3.05, 3.63) is 22.4 Å². The van der Waals surface area contributed by atoms with Gasteiger partial charge in [0.2, 0.25) is 0 Å². The van der Waals surface area contributed by atoms with E-state index in [1.165, 1.54) is 49.8 Å². The van der Waals surface area contributed by atoms with Crippen LogP contribution in [0.5, 0.6) is 0 Å². The molecule has 100 valence electrons. The summed E-state index contributed by atoms with van der Waals surface area (Å²) in [4.78, 5) is 1.46.